The van der Waals surface area contributed by atoms with Crippen molar-refractivity contribution in [1.82, 2.24) is 0 Å². The monoisotopic (exact) mass is 318 g/mol. The summed E-state index contributed by atoms with van der Waals surface area (Å²) >= 11 is 0. The van der Waals surface area contributed by atoms with Gasteiger partial charge in [-0.2, -0.15) is 0 Å². The molecule has 1 aromatic rings. The third-order valence-electron chi connectivity index (χ3n) is 5.56. The minimum atomic E-state index is -0.361. The minimum absolute atomic E-state index is 0.0752. The van der Waals surface area contributed by atoms with Crippen LogP contribution in [0.25, 0.3) is 0 Å². The van der Waals surface area contributed by atoms with Crippen LogP contribution in [0.2, 0.25) is 0 Å². The average Bonchev–Trinajstić information content (AvgIpc) is 2.53. The molecule has 23 heavy (non-hydrogen) atoms. The molecule has 1 fully saturated rings. The summed E-state index contributed by atoms with van der Waals surface area (Å²) in [6.45, 7) is 9.59. The van der Waals surface area contributed by atoms with Crippen LogP contribution in [-0.2, 0) is 22.4 Å². The van der Waals surface area contributed by atoms with Gasteiger partial charge in [0.2, 0.25) is 0 Å². The molecule has 4 atom stereocenters. The number of hydrogen-bond donors (Lipinski definition) is 1. The Balaban J connectivity index is 2.27. The van der Waals surface area contributed by atoms with Gasteiger partial charge >= 0.3 is 5.97 Å². The molecule has 128 valence electrons. The molecule has 0 bridgehead atoms. The molecule has 3 heteroatoms. The number of rotatable bonds is 5. The van der Waals surface area contributed by atoms with Gasteiger partial charge in [0.15, 0.2) is 0 Å². The number of quaternary nitrogens is 1. The number of ether oxygens (including phenoxy) is 1. The van der Waals surface area contributed by atoms with Crippen molar-refractivity contribution in [2.45, 2.75) is 65.0 Å². The first-order chi connectivity index (χ1) is 10.9. The van der Waals surface area contributed by atoms with Crippen LogP contribution in [0.1, 0.15) is 51.7 Å². The number of piperidine rings is 1. The van der Waals surface area contributed by atoms with Gasteiger partial charge in [-0.25, -0.2) is 0 Å². The van der Waals surface area contributed by atoms with Crippen molar-refractivity contribution in [3.05, 3.63) is 35.4 Å². The maximum atomic E-state index is 12.1. The number of hydrogen-bond acceptors (Lipinski definition) is 2. The van der Waals surface area contributed by atoms with Crippen molar-refractivity contribution in [3.63, 3.8) is 0 Å². The van der Waals surface area contributed by atoms with Gasteiger partial charge in [0.25, 0.3) is 0 Å². The predicted molar refractivity (Wildman–Crippen MR) is 93.6 cm³/mol. The number of nitrogens with one attached hydrogen (secondary N) is 1. The molecule has 1 aliphatic rings. The lowest BCUT2D eigenvalue weighted by Crippen LogP contribution is -3.15. The lowest BCUT2D eigenvalue weighted by Gasteiger charge is -2.46. The van der Waals surface area contributed by atoms with Crippen LogP contribution in [0.5, 0.6) is 0 Å². The highest BCUT2D eigenvalue weighted by molar-refractivity contribution is 5.69. The summed E-state index contributed by atoms with van der Waals surface area (Å²) in [5.41, 5.74) is 2.26. The third kappa shape index (κ3) is 4.14. The van der Waals surface area contributed by atoms with E-state index in [4.69, 9.17) is 4.74 Å². The molecule has 1 N–H and O–H groups in total. The Bertz CT molecular complexity index is 525. The van der Waals surface area contributed by atoms with E-state index in [0.29, 0.717) is 18.4 Å². The molecule has 0 spiro atoms. The first kappa shape index (κ1) is 18.0. The highest BCUT2D eigenvalue weighted by Crippen LogP contribution is 2.33. The number of likely N-dealkylation sites (tertiary alicyclic amines) is 1. The van der Waals surface area contributed by atoms with Crippen LogP contribution in [-0.4, -0.2) is 31.2 Å². The molecule has 0 saturated carbocycles. The smallest absolute Gasteiger partial charge is 0.306 e. The second-order valence-corrected chi connectivity index (χ2v) is 7.30. The normalized spacial score (nSPS) is 30.9. The van der Waals surface area contributed by atoms with Gasteiger partial charge in [0.1, 0.15) is 5.60 Å². The van der Waals surface area contributed by atoms with E-state index in [1.54, 1.807) is 0 Å². The molecule has 1 aliphatic heterocycles. The summed E-state index contributed by atoms with van der Waals surface area (Å²) in [6.07, 6.45) is 3.25. The van der Waals surface area contributed by atoms with E-state index in [9.17, 15) is 4.79 Å². The molecule has 3 nitrogen and oxygen atoms in total. The molecular formula is C20H32NO2+. The van der Waals surface area contributed by atoms with Crippen LogP contribution >= 0.6 is 0 Å². The van der Waals surface area contributed by atoms with Crippen molar-refractivity contribution < 1.29 is 14.4 Å². The van der Waals surface area contributed by atoms with E-state index >= 15 is 0 Å². The largest absolute Gasteiger partial charge is 0.458 e. The fourth-order valence-electron chi connectivity index (χ4n) is 3.73. The summed E-state index contributed by atoms with van der Waals surface area (Å²) < 4.78 is 6.07. The standard InChI is InChI=1S/C20H31NO2/c1-6-17-8-10-18(11-9-17)13-20(23-19(22)7-2)12-16(4)21(5)14-15(20)3/h8-11,15-16H,6-7,12-14H2,1-5H3/p+1/t15-,16-,20+/m0/s1. The van der Waals surface area contributed by atoms with Crippen molar-refractivity contribution in [3.8, 4) is 0 Å². The number of carbonyl (C=O) groups excluding carboxylic acids is 1. The fraction of sp³-hybridized carbons (Fsp3) is 0.650. The lowest BCUT2D eigenvalue weighted by molar-refractivity contribution is -0.915. The van der Waals surface area contributed by atoms with Crippen LogP contribution in [0.4, 0.5) is 0 Å². The van der Waals surface area contributed by atoms with Gasteiger partial charge < -0.3 is 9.64 Å². The molecular weight excluding hydrogens is 286 g/mol. The Labute approximate surface area is 141 Å². The van der Waals surface area contributed by atoms with Crippen molar-refractivity contribution >= 4 is 5.97 Å². The lowest BCUT2D eigenvalue weighted by atomic mass is 9.75. The zero-order chi connectivity index (χ0) is 17.0. The number of carbonyl (C=O) groups is 1. The summed E-state index contributed by atoms with van der Waals surface area (Å²) in [5, 5.41) is 0. The van der Waals surface area contributed by atoms with E-state index in [0.717, 1.165) is 25.8 Å². The second-order valence-electron chi connectivity index (χ2n) is 7.30. The van der Waals surface area contributed by atoms with Gasteiger partial charge in [-0.15, -0.1) is 0 Å². The molecule has 1 heterocycles. The Kier molecular flexibility index (Phi) is 5.85. The minimum Gasteiger partial charge on any atom is -0.458 e. The summed E-state index contributed by atoms with van der Waals surface area (Å²) in [4.78, 5) is 13.6. The number of benzene rings is 1. The highest BCUT2D eigenvalue weighted by atomic mass is 16.6. The molecule has 2 rings (SSSR count). The predicted octanol–water partition coefficient (Wildman–Crippen LogP) is 2.43. The van der Waals surface area contributed by atoms with E-state index in [-0.39, 0.29) is 11.6 Å². The van der Waals surface area contributed by atoms with Gasteiger partial charge in [0.05, 0.1) is 19.6 Å². The maximum absolute atomic E-state index is 12.1. The first-order valence-electron chi connectivity index (χ1n) is 9.02. The SMILES string of the molecule is CCC(=O)O[C@@]1(Cc2ccc(CC)cc2)C[C@H](C)[NH+](C)C[C@@H]1C. The van der Waals surface area contributed by atoms with Crippen molar-refractivity contribution in [2.75, 3.05) is 13.6 Å². The zero-order valence-corrected chi connectivity index (χ0v) is 15.3. The quantitative estimate of drug-likeness (QED) is 0.845. The number of esters is 1. The number of aryl methyl sites for hydroxylation is 1. The van der Waals surface area contributed by atoms with E-state index in [1.807, 2.05) is 6.92 Å². The maximum Gasteiger partial charge on any atom is 0.306 e. The van der Waals surface area contributed by atoms with Gasteiger partial charge in [-0.3, -0.25) is 4.79 Å². The van der Waals surface area contributed by atoms with Crippen LogP contribution in [0, 0.1) is 5.92 Å². The van der Waals surface area contributed by atoms with Gasteiger partial charge in [0, 0.05) is 25.2 Å². The van der Waals surface area contributed by atoms with Gasteiger partial charge in [-0.05, 0) is 24.5 Å². The molecule has 1 saturated heterocycles. The summed E-state index contributed by atoms with van der Waals surface area (Å²) in [6, 6.07) is 9.29. The molecule has 1 aromatic carbocycles. The van der Waals surface area contributed by atoms with Gasteiger partial charge in [-0.1, -0.05) is 45.0 Å². The zero-order valence-electron chi connectivity index (χ0n) is 15.3. The van der Waals surface area contributed by atoms with Crippen LogP contribution in [0.3, 0.4) is 0 Å². The molecule has 0 amide bonds. The molecule has 0 aliphatic carbocycles. The third-order valence-corrected chi connectivity index (χ3v) is 5.56. The van der Waals surface area contributed by atoms with Crippen LogP contribution < -0.4 is 4.90 Å². The molecule has 1 unspecified atom stereocenters. The van der Waals surface area contributed by atoms with Crippen molar-refractivity contribution in [2.24, 2.45) is 5.92 Å². The Hall–Kier alpha value is -1.35. The van der Waals surface area contributed by atoms with Crippen molar-refractivity contribution in [1.29, 1.82) is 0 Å². The second kappa shape index (κ2) is 7.48. The summed E-state index contributed by atoms with van der Waals surface area (Å²) in [5.74, 6) is 0.286. The molecule has 0 radical (unpaired) electrons. The Morgan fingerprint density at radius 1 is 1.22 bits per heavy atom. The van der Waals surface area contributed by atoms with E-state index < -0.39 is 0 Å². The van der Waals surface area contributed by atoms with Crippen LogP contribution in [0.15, 0.2) is 24.3 Å². The summed E-state index contributed by atoms with van der Waals surface area (Å²) in [7, 11) is 2.24. The molecule has 0 aromatic heterocycles. The Morgan fingerprint density at radius 3 is 2.39 bits per heavy atom. The Morgan fingerprint density at radius 2 is 1.83 bits per heavy atom. The van der Waals surface area contributed by atoms with E-state index in [1.165, 1.54) is 16.0 Å². The average molecular weight is 318 g/mol. The van der Waals surface area contributed by atoms with E-state index in [2.05, 4.69) is 52.1 Å². The first-order valence-corrected chi connectivity index (χ1v) is 9.02. The fourth-order valence-corrected chi connectivity index (χ4v) is 3.73. The topological polar surface area (TPSA) is 30.7 Å². The highest BCUT2D eigenvalue weighted by Gasteiger charge is 2.48.